The van der Waals surface area contributed by atoms with Gasteiger partial charge in [0.2, 0.25) is 11.8 Å². The molecule has 18 nitrogen and oxygen atoms in total. The molecular weight excluding hydrogens is 624 g/mol. The average Bonchev–Trinajstić information content (AvgIpc) is 3.69. The Morgan fingerprint density at radius 1 is 1.19 bits per heavy atom. The summed E-state index contributed by atoms with van der Waals surface area (Å²) >= 11 is 5.01. The lowest BCUT2D eigenvalue weighted by Gasteiger charge is -2.26. The smallest absolute Gasteiger partial charge is 0.386 e. The van der Waals surface area contributed by atoms with Crippen molar-refractivity contribution in [2.75, 3.05) is 18.9 Å². The Morgan fingerprint density at radius 3 is 2.69 bits per heavy atom. The first-order valence-corrected chi connectivity index (χ1v) is 15.6. The standard InChI is InChI=1S/C20H21FN9O9PS2/c21-8-11(32)6(38-18(8)29-4-25-9-14(29)23-3-24-16(9)34)2-37-40(36,41)39-13-12(33)7(1-31)42-19(13)30-5-26-10-15(30)27-20(22)28-17(10)35/h3-7,11-13,19,31-33H,1-2H2,(H,36,41)(H,23,24,34)(H3,22,27,28,35)/t6-,7-,11-,12-,13-,19-,40?/m1/s1. The molecule has 224 valence electrons. The van der Waals surface area contributed by atoms with Gasteiger partial charge in [0.25, 0.3) is 11.1 Å². The monoisotopic (exact) mass is 645 g/mol. The molecule has 0 aliphatic carbocycles. The van der Waals surface area contributed by atoms with Crippen molar-refractivity contribution in [1.29, 1.82) is 0 Å². The van der Waals surface area contributed by atoms with Crippen LogP contribution in [0.3, 0.4) is 0 Å². The van der Waals surface area contributed by atoms with E-state index in [2.05, 4.69) is 42.2 Å². The number of aromatic nitrogens is 8. The Kier molecular flexibility index (Phi) is 7.38. The number of nitrogens with two attached hydrogens (primary N) is 1. The van der Waals surface area contributed by atoms with Crippen LogP contribution in [0, 0.1) is 0 Å². The first kappa shape index (κ1) is 28.8. The van der Waals surface area contributed by atoms with E-state index in [-0.39, 0.29) is 28.3 Å². The Bertz CT molecular complexity index is 1880. The van der Waals surface area contributed by atoms with Gasteiger partial charge in [-0.2, -0.15) is 4.98 Å². The number of nitrogens with zero attached hydrogens (tertiary/aromatic N) is 6. The number of anilines is 1. The van der Waals surface area contributed by atoms with Crippen LogP contribution in [-0.4, -0.2) is 97.2 Å². The van der Waals surface area contributed by atoms with Gasteiger partial charge in [0, 0.05) is 0 Å². The predicted molar refractivity (Wildman–Crippen MR) is 147 cm³/mol. The number of imidazole rings is 2. The van der Waals surface area contributed by atoms with Crippen molar-refractivity contribution in [3.63, 3.8) is 0 Å². The lowest BCUT2D eigenvalue weighted by Crippen LogP contribution is -2.35. The van der Waals surface area contributed by atoms with Gasteiger partial charge in [0.05, 0.1) is 37.2 Å². The number of halogens is 1. The lowest BCUT2D eigenvalue weighted by molar-refractivity contribution is 0.00179. The Balaban J connectivity index is 1.19. The first-order chi connectivity index (χ1) is 20.0. The van der Waals surface area contributed by atoms with Crippen LogP contribution in [-0.2, 0) is 18.3 Å². The highest BCUT2D eigenvalue weighted by Crippen LogP contribution is 2.59. The number of nitrogen functional groups attached to an aromatic ring is 1. The zero-order valence-electron chi connectivity index (χ0n) is 20.8. The normalized spacial score (nSPS) is 27.6. The SMILES string of the molecule is Nc1nc2c(ncn2[C@@H]2S[C@H](CO)[C@@H](O)[C@H]2OP(=O)(S)OC[C@H]2OC(n3cnc4c(=O)[nH]cnc43)=C(F)[C@@H]2O)c(=O)[nH]1. The molecule has 6 rings (SSSR count). The highest BCUT2D eigenvalue weighted by atomic mass is 32.7. The van der Waals surface area contributed by atoms with Crippen LogP contribution in [0.5, 0.6) is 0 Å². The molecular formula is C20H21FN9O9PS2. The van der Waals surface area contributed by atoms with Gasteiger partial charge < -0.3 is 30.8 Å². The van der Waals surface area contributed by atoms with Crippen LogP contribution in [0.4, 0.5) is 10.3 Å². The van der Waals surface area contributed by atoms with Crippen molar-refractivity contribution < 1.29 is 38.1 Å². The Hall–Kier alpha value is -3.30. The minimum atomic E-state index is -4.38. The highest BCUT2D eigenvalue weighted by molar-refractivity contribution is 8.44. The summed E-state index contributed by atoms with van der Waals surface area (Å²) in [6, 6.07) is 0. The summed E-state index contributed by atoms with van der Waals surface area (Å²) in [6.45, 7) is -5.55. The Labute approximate surface area is 241 Å². The number of aliphatic hydroxyl groups is 3. The van der Waals surface area contributed by atoms with Crippen molar-refractivity contribution in [1.82, 2.24) is 39.0 Å². The molecule has 2 aliphatic heterocycles. The number of ether oxygens (including phenoxy) is 1. The molecule has 4 aromatic rings. The number of H-pyrrole nitrogens is 2. The van der Waals surface area contributed by atoms with Crippen molar-refractivity contribution in [2.24, 2.45) is 0 Å². The highest BCUT2D eigenvalue weighted by Gasteiger charge is 2.49. The van der Waals surface area contributed by atoms with Crippen LogP contribution in [0.25, 0.3) is 28.2 Å². The second kappa shape index (κ2) is 10.8. The van der Waals surface area contributed by atoms with E-state index < -0.39 is 77.9 Å². The number of thiol groups is 1. The van der Waals surface area contributed by atoms with E-state index in [0.717, 1.165) is 29.0 Å². The fraction of sp³-hybridized carbons (Fsp3) is 0.400. The van der Waals surface area contributed by atoms with Crippen LogP contribution in [0.15, 0.2) is 34.4 Å². The summed E-state index contributed by atoms with van der Waals surface area (Å²) in [5.41, 5.74) is 4.33. The molecule has 0 spiro atoms. The molecule has 0 aromatic carbocycles. The number of aromatic amines is 2. The van der Waals surface area contributed by atoms with E-state index in [1.165, 1.54) is 10.9 Å². The molecule has 0 bridgehead atoms. The molecule has 42 heavy (non-hydrogen) atoms. The van der Waals surface area contributed by atoms with Gasteiger partial charge in [-0.15, -0.1) is 11.8 Å². The minimum Gasteiger partial charge on any atom is -0.468 e. The number of hydrogen-bond donors (Lipinski definition) is 7. The van der Waals surface area contributed by atoms with Gasteiger partial charge in [-0.1, -0.05) is 12.2 Å². The quantitative estimate of drug-likeness (QED) is 0.0904. The number of rotatable bonds is 8. The van der Waals surface area contributed by atoms with E-state index in [1.54, 1.807) is 0 Å². The van der Waals surface area contributed by atoms with Gasteiger partial charge in [-0.25, -0.2) is 23.9 Å². The molecule has 2 aliphatic rings. The van der Waals surface area contributed by atoms with Crippen LogP contribution >= 0.6 is 30.8 Å². The van der Waals surface area contributed by atoms with E-state index in [1.807, 2.05) is 0 Å². The fourth-order valence-electron chi connectivity index (χ4n) is 4.53. The van der Waals surface area contributed by atoms with Gasteiger partial charge >= 0.3 is 6.80 Å². The maximum Gasteiger partial charge on any atom is 0.386 e. The fourth-order valence-corrected chi connectivity index (χ4v) is 7.50. The zero-order valence-corrected chi connectivity index (χ0v) is 23.4. The van der Waals surface area contributed by atoms with E-state index in [4.69, 9.17) is 19.5 Å². The van der Waals surface area contributed by atoms with Gasteiger partial charge in [0.15, 0.2) is 34.3 Å². The summed E-state index contributed by atoms with van der Waals surface area (Å²) in [7, 11) is 0. The molecule has 0 radical (unpaired) electrons. The first-order valence-electron chi connectivity index (χ1n) is 12.0. The molecule has 4 aromatic heterocycles. The van der Waals surface area contributed by atoms with Crippen LogP contribution < -0.4 is 16.9 Å². The van der Waals surface area contributed by atoms with E-state index in [0.29, 0.717) is 0 Å². The van der Waals surface area contributed by atoms with Gasteiger partial charge in [-0.05, 0) is 0 Å². The largest absolute Gasteiger partial charge is 0.468 e. The number of thioether (sulfide) groups is 1. The zero-order chi connectivity index (χ0) is 29.9. The minimum absolute atomic E-state index is 0.0386. The average molecular weight is 646 g/mol. The molecule has 7 atom stereocenters. The van der Waals surface area contributed by atoms with Crippen LogP contribution in [0.2, 0.25) is 0 Å². The summed E-state index contributed by atoms with van der Waals surface area (Å²) < 4.78 is 47.0. The van der Waals surface area contributed by atoms with Gasteiger partial charge in [0.1, 0.15) is 23.9 Å². The number of nitrogens with one attached hydrogen (secondary N) is 2. The molecule has 6 heterocycles. The summed E-state index contributed by atoms with van der Waals surface area (Å²) in [4.78, 5) is 44.7. The second-order valence-electron chi connectivity index (χ2n) is 9.12. The predicted octanol–water partition coefficient (Wildman–Crippen LogP) is -0.903. The molecule has 1 unspecified atom stereocenters. The Morgan fingerprint density at radius 2 is 1.93 bits per heavy atom. The summed E-state index contributed by atoms with van der Waals surface area (Å²) in [5, 5.41) is 29.3. The van der Waals surface area contributed by atoms with E-state index >= 15 is 0 Å². The maximum absolute atomic E-state index is 15.0. The number of aliphatic hydroxyl groups excluding tert-OH is 3. The molecule has 0 amide bonds. The van der Waals surface area contributed by atoms with Crippen LogP contribution in [0.1, 0.15) is 5.37 Å². The second-order valence-corrected chi connectivity index (χ2v) is 13.4. The van der Waals surface area contributed by atoms with Gasteiger partial charge in [-0.3, -0.25) is 32.8 Å². The van der Waals surface area contributed by atoms with Crippen molar-refractivity contribution in [2.45, 2.75) is 35.0 Å². The molecule has 22 heteroatoms. The van der Waals surface area contributed by atoms with Crippen molar-refractivity contribution >= 4 is 65.0 Å². The van der Waals surface area contributed by atoms with Crippen molar-refractivity contribution in [3.05, 3.63) is 45.5 Å². The summed E-state index contributed by atoms with van der Waals surface area (Å²) in [5.74, 6) is -1.82. The van der Waals surface area contributed by atoms with E-state index in [9.17, 15) is 33.9 Å². The third-order valence-corrected chi connectivity index (χ3v) is 9.68. The molecule has 0 saturated carbocycles. The molecule has 1 fully saturated rings. The van der Waals surface area contributed by atoms with Crippen molar-refractivity contribution in [3.8, 4) is 0 Å². The third kappa shape index (κ3) is 4.90. The third-order valence-electron chi connectivity index (χ3n) is 6.51. The molecule has 1 saturated heterocycles. The topological polar surface area (TPSA) is 259 Å². The number of fused-ring (bicyclic) bond motifs is 2. The summed E-state index contributed by atoms with van der Waals surface area (Å²) in [6.07, 6.45) is -2.60. The number of hydrogen-bond acceptors (Lipinski definition) is 15. The maximum atomic E-state index is 15.0. The lowest BCUT2D eigenvalue weighted by atomic mass is 10.1. The molecule has 7 N–H and O–H groups in total.